The molecule has 2 saturated heterocycles. The summed E-state index contributed by atoms with van der Waals surface area (Å²) >= 11 is 9.59. The molecule has 148 valence electrons. The van der Waals surface area contributed by atoms with Crippen molar-refractivity contribution in [1.82, 2.24) is 0 Å². The van der Waals surface area contributed by atoms with Crippen molar-refractivity contribution in [3.05, 3.63) is 69.2 Å². The van der Waals surface area contributed by atoms with Crippen molar-refractivity contribution < 1.29 is 9.47 Å². The topological polar surface area (TPSA) is 114 Å². The van der Waals surface area contributed by atoms with Crippen LogP contribution in [0, 0.1) is 56.2 Å². The smallest absolute Gasteiger partial charge is 0.244 e. The lowest BCUT2D eigenvalue weighted by Crippen LogP contribution is -2.57. The Morgan fingerprint density at radius 3 is 2.37 bits per heavy atom. The first-order valence-corrected chi connectivity index (χ1v) is 10.2. The molecule has 2 aliphatic rings. The molecule has 0 spiro atoms. The van der Waals surface area contributed by atoms with Crippen molar-refractivity contribution in [2.45, 2.75) is 18.8 Å². The second-order valence-electron chi connectivity index (χ2n) is 7.34. The van der Waals surface area contributed by atoms with Gasteiger partial charge in [0.05, 0.1) is 24.1 Å². The van der Waals surface area contributed by atoms with E-state index >= 15 is 0 Å². The molecule has 2 bridgehead atoms. The van der Waals surface area contributed by atoms with E-state index in [9.17, 15) is 15.8 Å². The molecule has 2 heterocycles. The standard InChI is InChI=1S/C22H14BrClN4O2/c1-13-21(12-27)19(28)30-22(13,15-5-3-7-17(24)9-15)29-18(20(21,10-25)11-26)14-4-2-6-16(23)8-14/h2-9,13,18,28H,1H3. The number of halogens is 2. The molecule has 4 unspecified atom stereocenters. The Balaban J connectivity index is 2.06. The summed E-state index contributed by atoms with van der Waals surface area (Å²) in [4.78, 5) is 0. The summed E-state index contributed by atoms with van der Waals surface area (Å²) in [6, 6.07) is 19.9. The third-order valence-corrected chi connectivity index (χ3v) is 6.78. The van der Waals surface area contributed by atoms with E-state index in [1.165, 1.54) is 0 Å². The zero-order valence-electron chi connectivity index (χ0n) is 15.7. The number of rotatable bonds is 2. The van der Waals surface area contributed by atoms with Crippen molar-refractivity contribution in [2.24, 2.45) is 16.7 Å². The highest BCUT2D eigenvalue weighted by Crippen LogP contribution is 2.69. The van der Waals surface area contributed by atoms with Gasteiger partial charge in [-0.25, -0.2) is 0 Å². The zero-order valence-corrected chi connectivity index (χ0v) is 18.0. The molecular weight excluding hydrogens is 468 g/mol. The lowest BCUT2D eigenvalue weighted by Gasteiger charge is -2.48. The summed E-state index contributed by atoms with van der Waals surface area (Å²) in [5, 5.41) is 39.7. The van der Waals surface area contributed by atoms with Crippen molar-refractivity contribution >= 4 is 33.4 Å². The highest BCUT2D eigenvalue weighted by Gasteiger charge is 2.79. The summed E-state index contributed by atoms with van der Waals surface area (Å²) in [7, 11) is 0. The summed E-state index contributed by atoms with van der Waals surface area (Å²) < 4.78 is 13.1. The molecule has 0 aliphatic carbocycles. The molecule has 2 aromatic carbocycles. The maximum atomic E-state index is 10.3. The van der Waals surface area contributed by atoms with Crippen molar-refractivity contribution in [3.8, 4) is 18.2 Å². The zero-order chi connectivity index (χ0) is 21.7. The number of nitriles is 3. The molecule has 30 heavy (non-hydrogen) atoms. The summed E-state index contributed by atoms with van der Waals surface area (Å²) in [6.07, 6.45) is -1.15. The van der Waals surface area contributed by atoms with Gasteiger partial charge in [-0.1, -0.05) is 58.7 Å². The summed E-state index contributed by atoms with van der Waals surface area (Å²) in [6.45, 7) is 1.66. The molecule has 2 aliphatic heterocycles. The SMILES string of the molecule is CC1C2(c3cccc(Cl)c3)OC(=N)C1(C#N)C(C#N)(C#N)C(c1cccc(Br)c1)O2. The monoisotopic (exact) mass is 480 g/mol. The van der Waals surface area contributed by atoms with Crippen molar-refractivity contribution in [1.29, 1.82) is 21.2 Å². The van der Waals surface area contributed by atoms with Crippen molar-refractivity contribution in [3.63, 3.8) is 0 Å². The fourth-order valence-electron chi connectivity index (χ4n) is 4.54. The maximum absolute atomic E-state index is 10.3. The summed E-state index contributed by atoms with van der Waals surface area (Å²) in [5.74, 6) is -2.84. The van der Waals surface area contributed by atoms with E-state index < -0.39 is 34.5 Å². The molecule has 4 rings (SSSR count). The molecule has 8 heteroatoms. The van der Waals surface area contributed by atoms with Crippen LogP contribution >= 0.6 is 27.5 Å². The van der Waals surface area contributed by atoms with Gasteiger partial charge >= 0.3 is 0 Å². The third-order valence-electron chi connectivity index (χ3n) is 6.05. The van der Waals surface area contributed by atoms with Gasteiger partial charge in [0.15, 0.2) is 5.41 Å². The Kier molecular flexibility index (Phi) is 4.64. The van der Waals surface area contributed by atoms with Crippen LogP contribution in [0.1, 0.15) is 24.2 Å². The van der Waals surface area contributed by atoms with Gasteiger partial charge in [-0.15, -0.1) is 0 Å². The number of nitrogens with zero attached hydrogens (tertiary/aromatic N) is 3. The predicted molar refractivity (Wildman–Crippen MR) is 111 cm³/mol. The van der Waals surface area contributed by atoms with Crippen LogP contribution in [0.15, 0.2) is 53.0 Å². The quantitative estimate of drug-likeness (QED) is 0.632. The van der Waals surface area contributed by atoms with Gasteiger partial charge in [-0.05, 0) is 29.8 Å². The Hall–Kier alpha value is -2.89. The van der Waals surface area contributed by atoms with Crippen LogP contribution in [0.2, 0.25) is 5.02 Å². The van der Waals surface area contributed by atoms with Crippen molar-refractivity contribution in [2.75, 3.05) is 0 Å². The normalized spacial score (nSPS) is 31.1. The van der Waals surface area contributed by atoms with E-state index in [0.717, 1.165) is 4.47 Å². The molecule has 0 saturated carbocycles. The molecular formula is C22H14BrClN4O2. The Bertz CT molecular complexity index is 1180. The summed E-state index contributed by atoms with van der Waals surface area (Å²) in [5.41, 5.74) is -2.82. The highest BCUT2D eigenvalue weighted by atomic mass is 79.9. The first-order valence-electron chi connectivity index (χ1n) is 9.02. The molecule has 0 aromatic heterocycles. The fourth-order valence-corrected chi connectivity index (χ4v) is 5.15. The third kappa shape index (κ3) is 2.33. The van der Waals surface area contributed by atoms with E-state index in [0.29, 0.717) is 16.1 Å². The lowest BCUT2D eigenvalue weighted by atomic mass is 9.53. The van der Waals surface area contributed by atoms with Gasteiger partial charge in [-0.3, -0.25) is 5.41 Å². The van der Waals surface area contributed by atoms with Gasteiger partial charge in [-0.2, -0.15) is 15.8 Å². The largest absolute Gasteiger partial charge is 0.443 e. The van der Waals surface area contributed by atoms with E-state index in [4.69, 9.17) is 26.5 Å². The molecule has 6 nitrogen and oxygen atoms in total. The minimum Gasteiger partial charge on any atom is -0.443 e. The number of nitrogens with one attached hydrogen (secondary N) is 1. The molecule has 0 radical (unpaired) electrons. The molecule has 1 N–H and O–H groups in total. The first-order chi connectivity index (χ1) is 14.3. The predicted octanol–water partition coefficient (Wildman–Crippen LogP) is 5.21. The number of ether oxygens (including phenoxy) is 2. The van der Waals surface area contributed by atoms with Crippen LogP contribution < -0.4 is 0 Å². The fraction of sp³-hybridized carbons (Fsp3) is 0.273. The minimum atomic E-state index is -2.00. The Morgan fingerprint density at radius 2 is 1.77 bits per heavy atom. The van der Waals surface area contributed by atoms with Gasteiger partial charge in [0.25, 0.3) is 0 Å². The van der Waals surface area contributed by atoms with E-state index in [-0.39, 0.29) is 0 Å². The molecule has 4 atom stereocenters. The maximum Gasteiger partial charge on any atom is 0.244 e. The van der Waals surface area contributed by atoms with Gasteiger partial charge < -0.3 is 9.47 Å². The second-order valence-corrected chi connectivity index (χ2v) is 8.69. The minimum absolute atomic E-state index is 0.429. The van der Waals surface area contributed by atoms with E-state index in [1.807, 2.05) is 12.1 Å². The second kappa shape index (κ2) is 6.83. The average Bonchev–Trinajstić information content (AvgIpc) is 2.90. The van der Waals surface area contributed by atoms with Crippen LogP contribution in [-0.4, -0.2) is 5.90 Å². The van der Waals surface area contributed by atoms with Crippen LogP contribution in [-0.2, 0) is 15.3 Å². The molecule has 2 fully saturated rings. The van der Waals surface area contributed by atoms with E-state index in [2.05, 4.69) is 22.0 Å². The number of benzene rings is 2. The Labute approximate surface area is 186 Å². The van der Waals surface area contributed by atoms with Crippen LogP contribution in [0.4, 0.5) is 0 Å². The number of hydrogen-bond acceptors (Lipinski definition) is 6. The highest BCUT2D eigenvalue weighted by molar-refractivity contribution is 9.10. The lowest BCUT2D eigenvalue weighted by molar-refractivity contribution is -0.288. The van der Waals surface area contributed by atoms with Gasteiger partial charge in [0, 0.05) is 15.1 Å². The average molecular weight is 482 g/mol. The number of hydrogen-bond donors (Lipinski definition) is 1. The molecule has 0 amide bonds. The van der Waals surface area contributed by atoms with Gasteiger partial charge in [0.2, 0.25) is 17.1 Å². The van der Waals surface area contributed by atoms with Crippen LogP contribution in [0.3, 0.4) is 0 Å². The van der Waals surface area contributed by atoms with Gasteiger partial charge in [0.1, 0.15) is 6.10 Å². The molecule has 2 aromatic rings. The number of fused-ring (bicyclic) bond motifs is 2. The first kappa shape index (κ1) is 20.4. The van der Waals surface area contributed by atoms with Crippen LogP contribution in [0.25, 0.3) is 0 Å². The van der Waals surface area contributed by atoms with E-state index in [1.54, 1.807) is 55.5 Å². The van der Waals surface area contributed by atoms with Crippen LogP contribution in [0.5, 0.6) is 0 Å². The Morgan fingerprint density at radius 1 is 1.07 bits per heavy atom.